The van der Waals surface area contributed by atoms with Crippen LogP contribution in [0.1, 0.15) is 19.4 Å². The van der Waals surface area contributed by atoms with Gasteiger partial charge < -0.3 is 20.5 Å². The van der Waals surface area contributed by atoms with Crippen molar-refractivity contribution in [3.63, 3.8) is 0 Å². The average Bonchev–Trinajstić information content (AvgIpc) is 2.46. The molecule has 0 amide bonds. The molecule has 2 rings (SSSR count). The van der Waals surface area contributed by atoms with E-state index in [1.54, 1.807) is 0 Å². The molecule has 3 N–H and O–H groups in total. The summed E-state index contributed by atoms with van der Waals surface area (Å²) in [5.41, 5.74) is 9.64. The van der Waals surface area contributed by atoms with Crippen LogP contribution in [0, 0.1) is 6.92 Å². The van der Waals surface area contributed by atoms with Crippen molar-refractivity contribution in [2.45, 2.75) is 20.8 Å². The van der Waals surface area contributed by atoms with E-state index in [1.165, 1.54) is 0 Å². The van der Waals surface area contributed by atoms with Gasteiger partial charge in [-0.1, -0.05) is 6.07 Å². The second-order valence-electron chi connectivity index (χ2n) is 4.73. The molecule has 0 aromatic heterocycles. The third-order valence-electron chi connectivity index (χ3n) is 3.08. The molecule has 0 saturated carbocycles. The fourth-order valence-corrected chi connectivity index (χ4v) is 2.06. The van der Waals surface area contributed by atoms with Crippen molar-refractivity contribution < 1.29 is 9.47 Å². The molecule has 0 radical (unpaired) electrons. The highest BCUT2D eigenvalue weighted by atomic mass is 16.5. The van der Waals surface area contributed by atoms with Gasteiger partial charge in [0, 0.05) is 23.1 Å². The summed E-state index contributed by atoms with van der Waals surface area (Å²) >= 11 is 0. The minimum Gasteiger partial charge on any atom is -0.490 e. The zero-order valence-corrected chi connectivity index (χ0v) is 12.8. The zero-order chi connectivity index (χ0) is 15.2. The fourth-order valence-electron chi connectivity index (χ4n) is 2.06. The SMILES string of the molecule is CCOc1ccc(Nc2cc(N)ccc2C)cc1OCC. The third kappa shape index (κ3) is 3.81. The number of rotatable bonds is 6. The minimum atomic E-state index is 0.598. The Bertz CT molecular complexity index is 612. The minimum absolute atomic E-state index is 0.598. The van der Waals surface area contributed by atoms with Crippen LogP contribution in [0.4, 0.5) is 17.1 Å². The van der Waals surface area contributed by atoms with E-state index in [1.807, 2.05) is 57.2 Å². The predicted octanol–water partition coefficient (Wildman–Crippen LogP) is 4.12. The molecule has 4 nitrogen and oxygen atoms in total. The largest absolute Gasteiger partial charge is 0.490 e. The number of hydrogen-bond donors (Lipinski definition) is 2. The van der Waals surface area contributed by atoms with Gasteiger partial charge in [0.1, 0.15) is 0 Å². The lowest BCUT2D eigenvalue weighted by Gasteiger charge is -2.14. The van der Waals surface area contributed by atoms with Crippen LogP contribution < -0.4 is 20.5 Å². The van der Waals surface area contributed by atoms with Gasteiger partial charge in [-0.25, -0.2) is 0 Å². The van der Waals surface area contributed by atoms with E-state index < -0.39 is 0 Å². The molecule has 0 unspecified atom stereocenters. The first-order valence-electron chi connectivity index (χ1n) is 7.16. The highest BCUT2D eigenvalue weighted by molar-refractivity contribution is 5.68. The van der Waals surface area contributed by atoms with E-state index in [9.17, 15) is 0 Å². The van der Waals surface area contributed by atoms with Crippen LogP contribution in [0.5, 0.6) is 11.5 Å². The first kappa shape index (κ1) is 15.0. The number of benzene rings is 2. The number of ether oxygens (including phenoxy) is 2. The van der Waals surface area contributed by atoms with Crippen molar-refractivity contribution in [1.29, 1.82) is 0 Å². The molecule has 0 saturated heterocycles. The van der Waals surface area contributed by atoms with Crippen LogP contribution in [-0.4, -0.2) is 13.2 Å². The number of nitrogens with one attached hydrogen (secondary N) is 1. The highest BCUT2D eigenvalue weighted by Crippen LogP contribution is 2.32. The molecule has 0 aliphatic rings. The van der Waals surface area contributed by atoms with Crippen molar-refractivity contribution in [2.75, 3.05) is 24.3 Å². The number of nitrogens with two attached hydrogens (primary N) is 1. The summed E-state index contributed by atoms with van der Waals surface area (Å²) in [5.74, 6) is 1.50. The molecule has 21 heavy (non-hydrogen) atoms. The molecule has 2 aromatic rings. The Balaban J connectivity index is 2.27. The smallest absolute Gasteiger partial charge is 0.163 e. The van der Waals surface area contributed by atoms with Crippen LogP contribution in [-0.2, 0) is 0 Å². The van der Waals surface area contributed by atoms with Crippen molar-refractivity contribution in [1.82, 2.24) is 0 Å². The topological polar surface area (TPSA) is 56.5 Å². The summed E-state index contributed by atoms with van der Waals surface area (Å²) in [7, 11) is 0. The lowest BCUT2D eigenvalue weighted by molar-refractivity contribution is 0.288. The summed E-state index contributed by atoms with van der Waals surface area (Å²) in [6, 6.07) is 11.6. The number of aryl methyl sites for hydroxylation is 1. The van der Waals surface area contributed by atoms with Gasteiger partial charge in [0.25, 0.3) is 0 Å². The van der Waals surface area contributed by atoms with Crippen molar-refractivity contribution in [3.05, 3.63) is 42.0 Å². The molecule has 0 heterocycles. The zero-order valence-electron chi connectivity index (χ0n) is 12.8. The Labute approximate surface area is 125 Å². The molecule has 0 aliphatic heterocycles. The Hall–Kier alpha value is -2.36. The summed E-state index contributed by atoms with van der Waals surface area (Å²) < 4.78 is 11.2. The third-order valence-corrected chi connectivity index (χ3v) is 3.08. The molecule has 0 bridgehead atoms. The summed E-state index contributed by atoms with van der Waals surface area (Å²) in [6.45, 7) is 7.16. The lowest BCUT2D eigenvalue weighted by Crippen LogP contribution is -2.00. The van der Waals surface area contributed by atoms with Gasteiger partial charge in [0.15, 0.2) is 11.5 Å². The maximum atomic E-state index is 5.84. The molecule has 2 aromatic carbocycles. The van der Waals surface area contributed by atoms with Crippen LogP contribution >= 0.6 is 0 Å². The molecular weight excluding hydrogens is 264 g/mol. The van der Waals surface area contributed by atoms with Gasteiger partial charge in [0.2, 0.25) is 0 Å². The molecule has 0 spiro atoms. The lowest BCUT2D eigenvalue weighted by atomic mass is 10.1. The molecular formula is C17H22N2O2. The van der Waals surface area contributed by atoms with Gasteiger partial charge in [0.05, 0.1) is 13.2 Å². The quantitative estimate of drug-likeness (QED) is 0.784. The normalized spacial score (nSPS) is 10.2. The maximum absolute atomic E-state index is 5.84. The fraction of sp³-hybridized carbons (Fsp3) is 0.294. The first-order chi connectivity index (χ1) is 10.1. The molecule has 0 aliphatic carbocycles. The van der Waals surface area contributed by atoms with Crippen LogP contribution in [0.15, 0.2) is 36.4 Å². The van der Waals surface area contributed by atoms with E-state index in [0.29, 0.717) is 13.2 Å². The number of hydrogen-bond acceptors (Lipinski definition) is 4. The predicted molar refractivity (Wildman–Crippen MR) is 87.7 cm³/mol. The summed E-state index contributed by atoms with van der Waals surface area (Å²) in [6.07, 6.45) is 0. The first-order valence-corrected chi connectivity index (χ1v) is 7.16. The van der Waals surface area contributed by atoms with E-state index >= 15 is 0 Å². The van der Waals surface area contributed by atoms with Crippen LogP contribution in [0.2, 0.25) is 0 Å². The van der Waals surface area contributed by atoms with Gasteiger partial charge in [-0.2, -0.15) is 0 Å². The number of nitrogen functional groups attached to an aromatic ring is 1. The van der Waals surface area contributed by atoms with E-state index in [2.05, 4.69) is 5.32 Å². The Morgan fingerprint density at radius 1 is 0.952 bits per heavy atom. The average molecular weight is 286 g/mol. The van der Waals surface area contributed by atoms with Gasteiger partial charge in [-0.15, -0.1) is 0 Å². The van der Waals surface area contributed by atoms with Gasteiger partial charge >= 0.3 is 0 Å². The maximum Gasteiger partial charge on any atom is 0.163 e. The summed E-state index contributed by atoms with van der Waals surface area (Å²) in [5, 5.41) is 3.37. The molecule has 0 fully saturated rings. The van der Waals surface area contributed by atoms with Crippen LogP contribution in [0.25, 0.3) is 0 Å². The molecule has 0 atom stereocenters. The van der Waals surface area contributed by atoms with Crippen molar-refractivity contribution >= 4 is 17.1 Å². The second-order valence-corrected chi connectivity index (χ2v) is 4.73. The Morgan fingerprint density at radius 3 is 2.38 bits per heavy atom. The van der Waals surface area contributed by atoms with E-state index in [0.717, 1.165) is 34.1 Å². The monoisotopic (exact) mass is 286 g/mol. The van der Waals surface area contributed by atoms with Crippen molar-refractivity contribution in [2.24, 2.45) is 0 Å². The second kappa shape index (κ2) is 6.88. The van der Waals surface area contributed by atoms with Gasteiger partial charge in [-0.05, 0) is 50.6 Å². The Kier molecular flexibility index (Phi) is 4.93. The van der Waals surface area contributed by atoms with Crippen molar-refractivity contribution in [3.8, 4) is 11.5 Å². The standard InChI is InChI=1S/C17H22N2O2/c1-4-20-16-9-8-14(11-17(16)21-5-2)19-15-10-13(18)7-6-12(15)3/h6-11,19H,4-5,18H2,1-3H3. The molecule has 112 valence electrons. The Morgan fingerprint density at radius 2 is 1.67 bits per heavy atom. The highest BCUT2D eigenvalue weighted by Gasteiger charge is 2.07. The summed E-state index contributed by atoms with van der Waals surface area (Å²) in [4.78, 5) is 0. The number of anilines is 3. The van der Waals surface area contributed by atoms with Crippen LogP contribution in [0.3, 0.4) is 0 Å². The van der Waals surface area contributed by atoms with E-state index in [-0.39, 0.29) is 0 Å². The molecule has 4 heteroatoms. The van der Waals surface area contributed by atoms with Gasteiger partial charge in [-0.3, -0.25) is 0 Å². The van der Waals surface area contributed by atoms with E-state index in [4.69, 9.17) is 15.2 Å².